The van der Waals surface area contributed by atoms with E-state index in [2.05, 4.69) is 17.4 Å². The Hall–Kier alpha value is -4.26. The van der Waals surface area contributed by atoms with E-state index in [-0.39, 0.29) is 23.4 Å². The molecule has 7 heteroatoms. The lowest BCUT2D eigenvalue weighted by Gasteiger charge is -2.57. The molecule has 6 nitrogen and oxygen atoms in total. The topological polar surface area (TPSA) is 75.7 Å². The zero-order valence-corrected chi connectivity index (χ0v) is 22.6. The molecule has 1 saturated heterocycles. The molecule has 0 radical (unpaired) electrons. The standard InChI is InChI=1S/C34H31FN2O4/c35-27-7-1-22(2-8-27)20-41-29-11-3-21(4-12-29)16-30-31(38)36-33(40)37(32(30)39)28-9-5-26(6-10-28)34-17-23-13-24(18-34)15-25(14-23)19-34/h1-12,16,23-25H,13-15,17-20H2,(H,36,38,40)/b30-16+. The Bertz CT molecular complexity index is 1510. The van der Waals surface area contributed by atoms with Gasteiger partial charge in [-0.15, -0.1) is 0 Å². The number of carbonyl (C=O) groups is 3. The van der Waals surface area contributed by atoms with Crippen LogP contribution in [0.5, 0.6) is 5.75 Å². The minimum atomic E-state index is -0.746. The number of hydrogen-bond acceptors (Lipinski definition) is 4. The van der Waals surface area contributed by atoms with Crippen molar-refractivity contribution >= 4 is 29.6 Å². The van der Waals surface area contributed by atoms with Gasteiger partial charge in [-0.05, 0) is 121 Å². The number of anilines is 1. The monoisotopic (exact) mass is 550 g/mol. The molecule has 4 aliphatic carbocycles. The Morgan fingerprint density at radius 3 is 2.05 bits per heavy atom. The van der Waals surface area contributed by atoms with Crippen molar-refractivity contribution in [2.75, 3.05) is 4.90 Å². The summed E-state index contributed by atoms with van der Waals surface area (Å²) < 4.78 is 18.9. The van der Waals surface area contributed by atoms with Gasteiger partial charge in [0, 0.05) is 0 Å². The normalized spacial score (nSPS) is 27.8. The second-order valence-corrected chi connectivity index (χ2v) is 12.2. The van der Waals surface area contributed by atoms with Crippen molar-refractivity contribution in [1.82, 2.24) is 5.32 Å². The van der Waals surface area contributed by atoms with Crippen LogP contribution < -0.4 is 15.0 Å². The van der Waals surface area contributed by atoms with Crippen LogP contribution in [0.1, 0.15) is 55.2 Å². The van der Waals surface area contributed by atoms with Gasteiger partial charge < -0.3 is 4.74 Å². The number of barbiturate groups is 1. The van der Waals surface area contributed by atoms with Crippen LogP contribution in [0.2, 0.25) is 0 Å². The Morgan fingerprint density at radius 2 is 1.44 bits per heavy atom. The Balaban J connectivity index is 1.07. The molecule has 4 saturated carbocycles. The second kappa shape index (κ2) is 9.98. The van der Waals surface area contributed by atoms with E-state index < -0.39 is 17.8 Å². The predicted molar refractivity (Wildman–Crippen MR) is 152 cm³/mol. The maximum Gasteiger partial charge on any atom is 0.335 e. The van der Waals surface area contributed by atoms with Crippen LogP contribution in [0.25, 0.3) is 6.08 Å². The summed E-state index contributed by atoms with van der Waals surface area (Å²) >= 11 is 0. The lowest BCUT2D eigenvalue weighted by atomic mass is 9.48. The fourth-order valence-corrected chi connectivity index (χ4v) is 7.89. The first-order chi connectivity index (χ1) is 19.8. The zero-order chi connectivity index (χ0) is 28.1. The van der Waals surface area contributed by atoms with Crippen molar-refractivity contribution in [2.24, 2.45) is 17.8 Å². The Labute approximate surface area is 238 Å². The van der Waals surface area contributed by atoms with Crippen LogP contribution in [0.4, 0.5) is 14.9 Å². The molecule has 5 fully saturated rings. The number of amides is 4. The highest BCUT2D eigenvalue weighted by Gasteiger charge is 2.51. The van der Waals surface area contributed by atoms with E-state index >= 15 is 0 Å². The van der Waals surface area contributed by atoms with E-state index in [4.69, 9.17) is 4.74 Å². The van der Waals surface area contributed by atoms with E-state index in [1.54, 1.807) is 36.4 Å². The molecule has 0 unspecified atom stereocenters. The van der Waals surface area contributed by atoms with Crippen LogP contribution in [-0.4, -0.2) is 17.8 Å². The van der Waals surface area contributed by atoms with Crippen LogP contribution >= 0.6 is 0 Å². The van der Waals surface area contributed by atoms with Gasteiger partial charge in [0.2, 0.25) is 0 Å². The summed E-state index contributed by atoms with van der Waals surface area (Å²) in [5.41, 5.74) is 3.30. The Kier molecular flexibility index (Phi) is 6.25. The SMILES string of the molecule is O=C1NC(=O)N(c2ccc(C34CC5CC(CC(C5)C3)C4)cc2)C(=O)/C1=C/c1ccc(OCc2ccc(F)cc2)cc1. The molecular formula is C34H31FN2O4. The van der Waals surface area contributed by atoms with Gasteiger partial charge in [-0.2, -0.15) is 0 Å². The van der Waals surface area contributed by atoms with E-state index in [9.17, 15) is 18.8 Å². The van der Waals surface area contributed by atoms with E-state index in [1.165, 1.54) is 62.3 Å². The number of halogens is 1. The number of rotatable bonds is 6. The lowest BCUT2D eigenvalue weighted by Crippen LogP contribution is -2.54. The minimum absolute atomic E-state index is 0.116. The van der Waals surface area contributed by atoms with Gasteiger partial charge in [0.25, 0.3) is 11.8 Å². The molecular weight excluding hydrogens is 519 g/mol. The maximum absolute atomic E-state index is 13.4. The van der Waals surface area contributed by atoms with Crippen molar-refractivity contribution in [3.8, 4) is 5.75 Å². The Morgan fingerprint density at radius 1 is 0.829 bits per heavy atom. The molecule has 1 N–H and O–H groups in total. The summed E-state index contributed by atoms with van der Waals surface area (Å²) in [4.78, 5) is 39.9. The van der Waals surface area contributed by atoms with Crippen molar-refractivity contribution in [1.29, 1.82) is 0 Å². The third-order valence-corrected chi connectivity index (χ3v) is 9.39. The second-order valence-electron chi connectivity index (χ2n) is 12.2. The van der Waals surface area contributed by atoms with Crippen LogP contribution in [0.3, 0.4) is 0 Å². The highest BCUT2D eigenvalue weighted by atomic mass is 19.1. The number of urea groups is 1. The van der Waals surface area contributed by atoms with Crippen LogP contribution in [0, 0.1) is 23.6 Å². The maximum atomic E-state index is 13.4. The molecule has 1 heterocycles. The molecule has 0 aromatic heterocycles. The molecule has 208 valence electrons. The summed E-state index contributed by atoms with van der Waals surface area (Å²) in [5, 5.41) is 2.31. The molecule has 1 aliphatic heterocycles. The zero-order valence-electron chi connectivity index (χ0n) is 22.6. The van der Waals surface area contributed by atoms with E-state index in [0.717, 1.165) is 28.2 Å². The van der Waals surface area contributed by atoms with Crippen molar-refractivity contribution in [3.05, 3.63) is 101 Å². The molecule has 4 amide bonds. The minimum Gasteiger partial charge on any atom is -0.489 e. The predicted octanol–water partition coefficient (Wildman–Crippen LogP) is 6.54. The largest absolute Gasteiger partial charge is 0.489 e. The molecule has 0 spiro atoms. The molecule has 0 atom stereocenters. The first kappa shape index (κ1) is 25.7. The van der Waals surface area contributed by atoms with E-state index in [0.29, 0.717) is 17.0 Å². The first-order valence-corrected chi connectivity index (χ1v) is 14.3. The number of ether oxygens (including phenoxy) is 1. The molecule has 8 rings (SSSR count). The van der Waals surface area contributed by atoms with Gasteiger partial charge in [-0.25, -0.2) is 14.1 Å². The highest BCUT2D eigenvalue weighted by molar-refractivity contribution is 6.39. The summed E-state index contributed by atoms with van der Waals surface area (Å²) in [5.74, 6) is 1.38. The van der Waals surface area contributed by atoms with Gasteiger partial charge >= 0.3 is 6.03 Å². The fourth-order valence-electron chi connectivity index (χ4n) is 7.89. The van der Waals surface area contributed by atoms with Crippen LogP contribution in [0.15, 0.2) is 78.4 Å². The summed E-state index contributed by atoms with van der Waals surface area (Å²) in [6.45, 7) is 0.278. The van der Waals surface area contributed by atoms with Crippen molar-refractivity contribution in [3.63, 3.8) is 0 Å². The quantitative estimate of drug-likeness (QED) is 0.279. The van der Waals surface area contributed by atoms with E-state index in [1.807, 2.05) is 12.1 Å². The van der Waals surface area contributed by atoms with Gasteiger partial charge in [-0.3, -0.25) is 14.9 Å². The average Bonchev–Trinajstić information content (AvgIpc) is 2.95. The molecule has 3 aromatic rings. The van der Waals surface area contributed by atoms with Gasteiger partial charge in [0.15, 0.2) is 0 Å². The van der Waals surface area contributed by atoms with Gasteiger partial charge in [-0.1, -0.05) is 36.4 Å². The number of hydrogen-bond donors (Lipinski definition) is 1. The highest BCUT2D eigenvalue weighted by Crippen LogP contribution is 2.60. The summed E-state index contributed by atoms with van der Waals surface area (Å²) in [7, 11) is 0. The average molecular weight is 551 g/mol. The van der Waals surface area contributed by atoms with Gasteiger partial charge in [0.1, 0.15) is 23.7 Å². The number of benzene rings is 3. The van der Waals surface area contributed by atoms with Gasteiger partial charge in [0.05, 0.1) is 5.69 Å². The fraction of sp³-hybridized carbons (Fsp3) is 0.324. The molecule has 41 heavy (non-hydrogen) atoms. The number of imide groups is 2. The molecule has 4 bridgehead atoms. The third-order valence-electron chi connectivity index (χ3n) is 9.39. The first-order valence-electron chi connectivity index (χ1n) is 14.3. The summed E-state index contributed by atoms with van der Waals surface area (Å²) in [6.07, 6.45) is 9.29. The number of carbonyl (C=O) groups excluding carboxylic acids is 3. The number of nitrogens with one attached hydrogen (secondary N) is 1. The van der Waals surface area contributed by atoms with Crippen molar-refractivity contribution < 1.29 is 23.5 Å². The summed E-state index contributed by atoms with van der Waals surface area (Å²) in [6, 6.07) is 20.1. The molecule has 5 aliphatic rings. The lowest BCUT2D eigenvalue weighted by molar-refractivity contribution is -0.122. The number of nitrogens with zero attached hydrogens (tertiary/aromatic N) is 1. The molecule has 3 aromatic carbocycles. The smallest absolute Gasteiger partial charge is 0.335 e. The third kappa shape index (κ3) is 4.83. The van der Waals surface area contributed by atoms with Crippen molar-refractivity contribution in [2.45, 2.75) is 50.5 Å². The van der Waals surface area contributed by atoms with Crippen LogP contribution in [-0.2, 0) is 21.6 Å².